The summed E-state index contributed by atoms with van der Waals surface area (Å²) in [4.78, 5) is 14.0. The Morgan fingerprint density at radius 2 is 2.00 bits per heavy atom. The van der Waals surface area contributed by atoms with Gasteiger partial charge < -0.3 is 19.3 Å². The van der Waals surface area contributed by atoms with Gasteiger partial charge in [0.1, 0.15) is 18.0 Å². The van der Waals surface area contributed by atoms with Crippen LogP contribution in [0, 0.1) is 11.8 Å². The first-order valence-electron chi connectivity index (χ1n) is 7.37. The van der Waals surface area contributed by atoms with Crippen molar-refractivity contribution in [3.8, 4) is 0 Å². The van der Waals surface area contributed by atoms with Gasteiger partial charge in [0.2, 0.25) is 0 Å². The zero-order chi connectivity index (χ0) is 15.2. The van der Waals surface area contributed by atoms with E-state index in [1.807, 2.05) is 25.3 Å². The summed E-state index contributed by atoms with van der Waals surface area (Å²) in [6, 6.07) is 0. The number of amides is 1. The quantitative estimate of drug-likeness (QED) is 0.829. The fourth-order valence-corrected chi connectivity index (χ4v) is 3.17. The van der Waals surface area contributed by atoms with Gasteiger partial charge in [-0.25, -0.2) is 4.79 Å². The van der Waals surface area contributed by atoms with Gasteiger partial charge in [0.25, 0.3) is 0 Å². The molecule has 1 N–H and O–H groups in total. The van der Waals surface area contributed by atoms with Gasteiger partial charge in [-0.05, 0) is 32.6 Å². The van der Waals surface area contributed by atoms with Crippen LogP contribution >= 0.6 is 0 Å². The Morgan fingerprint density at radius 1 is 1.29 bits per heavy atom. The molecule has 2 unspecified atom stereocenters. The second-order valence-corrected chi connectivity index (χ2v) is 6.91. The third-order valence-electron chi connectivity index (χ3n) is 4.14. The van der Waals surface area contributed by atoms with Crippen molar-refractivity contribution >= 4 is 6.09 Å². The van der Waals surface area contributed by atoms with Crippen molar-refractivity contribution < 1.29 is 14.6 Å². The van der Waals surface area contributed by atoms with Crippen molar-refractivity contribution in [1.29, 1.82) is 0 Å². The highest BCUT2D eigenvalue weighted by molar-refractivity contribution is 5.68. The van der Waals surface area contributed by atoms with Gasteiger partial charge in [0, 0.05) is 26.1 Å². The molecule has 1 aromatic heterocycles. The lowest BCUT2D eigenvalue weighted by molar-refractivity contribution is 0.0284. The van der Waals surface area contributed by atoms with Crippen LogP contribution in [0.4, 0.5) is 4.79 Å². The molecule has 0 spiro atoms. The Labute approximate surface area is 123 Å². The fourth-order valence-electron chi connectivity index (χ4n) is 3.17. The highest BCUT2D eigenvalue weighted by Gasteiger charge is 2.41. The number of nitrogens with zero attached hydrogens (tertiary/aromatic N) is 4. The van der Waals surface area contributed by atoms with E-state index in [-0.39, 0.29) is 12.7 Å². The molecule has 2 atom stereocenters. The molecule has 3 heterocycles. The van der Waals surface area contributed by atoms with Crippen LogP contribution in [0.25, 0.3) is 0 Å². The number of carbonyl (C=O) groups is 1. The molecule has 0 radical (unpaired) electrons. The van der Waals surface area contributed by atoms with Gasteiger partial charge in [-0.2, -0.15) is 0 Å². The predicted molar refractivity (Wildman–Crippen MR) is 74.4 cm³/mol. The Morgan fingerprint density at radius 3 is 2.67 bits per heavy atom. The Balaban J connectivity index is 1.69. The van der Waals surface area contributed by atoms with E-state index < -0.39 is 5.60 Å². The van der Waals surface area contributed by atoms with Crippen LogP contribution in [0.3, 0.4) is 0 Å². The zero-order valence-electron chi connectivity index (χ0n) is 12.7. The number of hydrogen-bond donors (Lipinski definition) is 1. The SMILES string of the molecule is CC(C)(C)OC(=O)N1CC2Cc3nnc(CO)n3CC2C1. The normalized spacial score (nSPS) is 24.7. The van der Waals surface area contributed by atoms with E-state index >= 15 is 0 Å². The number of rotatable bonds is 1. The molecular formula is C14H22N4O3. The number of ether oxygens (including phenoxy) is 1. The van der Waals surface area contributed by atoms with Crippen molar-refractivity contribution in [1.82, 2.24) is 19.7 Å². The molecule has 116 valence electrons. The lowest BCUT2D eigenvalue weighted by Gasteiger charge is -2.25. The Hall–Kier alpha value is -1.63. The van der Waals surface area contributed by atoms with E-state index in [1.165, 1.54) is 0 Å². The molecule has 7 nitrogen and oxygen atoms in total. The maximum Gasteiger partial charge on any atom is 0.410 e. The lowest BCUT2D eigenvalue weighted by atomic mass is 9.89. The van der Waals surface area contributed by atoms with Gasteiger partial charge in [0.05, 0.1) is 0 Å². The fraction of sp³-hybridized carbons (Fsp3) is 0.786. The van der Waals surface area contributed by atoms with Crippen LogP contribution in [0.1, 0.15) is 32.4 Å². The molecule has 2 aliphatic rings. The van der Waals surface area contributed by atoms with Gasteiger partial charge in [-0.3, -0.25) is 0 Å². The Bertz CT molecular complexity index is 549. The summed E-state index contributed by atoms with van der Waals surface area (Å²) < 4.78 is 7.43. The molecule has 1 amide bonds. The third kappa shape index (κ3) is 2.74. The number of aliphatic hydroxyl groups excluding tert-OH is 1. The molecular weight excluding hydrogens is 272 g/mol. The van der Waals surface area contributed by atoms with Gasteiger partial charge in [0.15, 0.2) is 5.82 Å². The molecule has 0 aromatic carbocycles. The van der Waals surface area contributed by atoms with E-state index in [4.69, 9.17) is 4.74 Å². The highest BCUT2D eigenvalue weighted by Crippen LogP contribution is 2.33. The first-order chi connectivity index (χ1) is 9.87. The maximum absolute atomic E-state index is 12.2. The van der Waals surface area contributed by atoms with E-state index in [0.29, 0.717) is 30.7 Å². The van der Waals surface area contributed by atoms with Crippen LogP contribution in [-0.2, 0) is 24.3 Å². The molecule has 21 heavy (non-hydrogen) atoms. The Kier molecular flexibility index (Phi) is 3.39. The average molecular weight is 294 g/mol. The van der Waals surface area contributed by atoms with Crippen LogP contribution in [0.5, 0.6) is 0 Å². The lowest BCUT2D eigenvalue weighted by Crippen LogP contribution is -2.35. The van der Waals surface area contributed by atoms with Crippen molar-refractivity contribution in [2.75, 3.05) is 13.1 Å². The minimum atomic E-state index is -0.467. The summed E-state index contributed by atoms with van der Waals surface area (Å²) in [7, 11) is 0. The molecule has 0 bridgehead atoms. The second kappa shape index (κ2) is 4.98. The summed E-state index contributed by atoms with van der Waals surface area (Å²) in [6.45, 7) is 7.71. The van der Waals surface area contributed by atoms with E-state index in [2.05, 4.69) is 10.2 Å². The minimum Gasteiger partial charge on any atom is -0.444 e. The molecule has 7 heteroatoms. The molecule has 3 rings (SSSR count). The van der Waals surface area contributed by atoms with E-state index in [1.54, 1.807) is 4.90 Å². The van der Waals surface area contributed by atoms with Crippen molar-refractivity contribution in [2.24, 2.45) is 11.8 Å². The summed E-state index contributed by atoms with van der Waals surface area (Å²) in [6.07, 6.45) is 0.562. The molecule has 1 aromatic rings. The van der Waals surface area contributed by atoms with Crippen molar-refractivity contribution in [3.63, 3.8) is 0 Å². The minimum absolute atomic E-state index is 0.0971. The standard InChI is InChI=1S/C14H22N4O3/c1-14(2,3)21-13(20)17-5-9-4-11-15-16-12(8-19)18(11)7-10(9)6-17/h9-10,19H,4-8H2,1-3H3. The van der Waals surface area contributed by atoms with Gasteiger partial charge >= 0.3 is 6.09 Å². The summed E-state index contributed by atoms with van der Waals surface area (Å²) >= 11 is 0. The predicted octanol–water partition coefficient (Wildman–Crippen LogP) is 0.810. The number of aliphatic hydroxyl groups is 1. The monoisotopic (exact) mass is 294 g/mol. The van der Waals surface area contributed by atoms with Crippen LogP contribution < -0.4 is 0 Å². The molecule has 2 aliphatic heterocycles. The van der Waals surface area contributed by atoms with Crippen molar-refractivity contribution in [2.45, 2.75) is 45.9 Å². The molecule has 1 fully saturated rings. The van der Waals surface area contributed by atoms with Crippen molar-refractivity contribution in [3.05, 3.63) is 11.6 Å². The number of fused-ring (bicyclic) bond motifs is 2. The van der Waals surface area contributed by atoms with Gasteiger partial charge in [-0.1, -0.05) is 0 Å². The first-order valence-corrected chi connectivity index (χ1v) is 7.37. The summed E-state index contributed by atoms with van der Waals surface area (Å²) in [5.74, 6) is 2.30. The first kappa shape index (κ1) is 14.3. The average Bonchev–Trinajstić information content (AvgIpc) is 2.96. The van der Waals surface area contributed by atoms with E-state index in [0.717, 1.165) is 18.8 Å². The molecule has 1 saturated heterocycles. The molecule has 0 aliphatic carbocycles. The maximum atomic E-state index is 12.2. The highest BCUT2D eigenvalue weighted by atomic mass is 16.6. The number of carbonyl (C=O) groups excluding carboxylic acids is 1. The summed E-state index contributed by atoms with van der Waals surface area (Å²) in [5.41, 5.74) is -0.467. The van der Waals surface area contributed by atoms with E-state index in [9.17, 15) is 9.90 Å². The van der Waals surface area contributed by atoms with Gasteiger partial charge in [-0.15, -0.1) is 10.2 Å². The topological polar surface area (TPSA) is 80.5 Å². The third-order valence-corrected chi connectivity index (χ3v) is 4.14. The number of aromatic nitrogens is 3. The summed E-state index contributed by atoms with van der Waals surface area (Å²) in [5, 5.41) is 17.4. The molecule has 0 saturated carbocycles. The largest absolute Gasteiger partial charge is 0.444 e. The number of hydrogen-bond acceptors (Lipinski definition) is 5. The van der Waals surface area contributed by atoms with Crippen LogP contribution in [-0.4, -0.2) is 49.6 Å². The smallest absolute Gasteiger partial charge is 0.410 e. The van der Waals surface area contributed by atoms with Crippen LogP contribution in [0.15, 0.2) is 0 Å². The number of likely N-dealkylation sites (tertiary alicyclic amines) is 1. The zero-order valence-corrected chi connectivity index (χ0v) is 12.7. The second-order valence-electron chi connectivity index (χ2n) is 6.91. The van der Waals surface area contributed by atoms with Crippen LogP contribution in [0.2, 0.25) is 0 Å².